The molecule has 0 bridgehead atoms. The number of unbranched alkanes of at least 4 members (excludes halogenated alkanes) is 5. The van der Waals surface area contributed by atoms with E-state index in [1.165, 1.54) is 25.7 Å². The average Bonchev–Trinajstić information content (AvgIpc) is 3.08. The predicted octanol–water partition coefficient (Wildman–Crippen LogP) is 5.73. The zero-order valence-corrected chi connectivity index (χ0v) is 18.6. The van der Waals surface area contributed by atoms with E-state index in [1.807, 2.05) is 59.2 Å². The molecule has 0 saturated carbocycles. The number of nitrogen functional groups attached to an aromatic ring is 1. The number of ether oxygens (including phenoxy) is 1. The number of carbonyl (C=O) groups is 1. The van der Waals surface area contributed by atoms with Crippen molar-refractivity contribution in [2.75, 3.05) is 12.3 Å². The molecule has 0 fully saturated rings. The highest BCUT2D eigenvalue weighted by molar-refractivity contribution is 6.08. The molecule has 2 N–H and O–H groups in total. The van der Waals surface area contributed by atoms with Gasteiger partial charge in [-0.05, 0) is 24.1 Å². The minimum absolute atomic E-state index is 0.306. The molecular weight excluding hydrogens is 400 g/mol. The molecular formula is C26H30N4O2. The first-order valence-corrected chi connectivity index (χ1v) is 11.4. The lowest BCUT2D eigenvalue weighted by atomic mass is 10.1. The molecule has 0 saturated heterocycles. The molecule has 4 aromatic rings. The van der Waals surface area contributed by atoms with E-state index in [-0.39, 0.29) is 0 Å². The second-order valence-corrected chi connectivity index (χ2v) is 8.12. The number of fused-ring (bicyclic) bond motifs is 2. The maximum absolute atomic E-state index is 13.0. The van der Waals surface area contributed by atoms with Gasteiger partial charge in [-0.1, -0.05) is 81.5 Å². The first kappa shape index (κ1) is 21.8. The van der Waals surface area contributed by atoms with E-state index in [2.05, 4.69) is 6.92 Å². The zero-order chi connectivity index (χ0) is 22.3. The van der Waals surface area contributed by atoms with Crippen molar-refractivity contribution in [3.05, 3.63) is 65.7 Å². The van der Waals surface area contributed by atoms with Gasteiger partial charge < -0.3 is 15.0 Å². The second kappa shape index (κ2) is 10.3. The number of carbonyl (C=O) groups excluding carboxylic acids is 1. The van der Waals surface area contributed by atoms with Crippen LogP contribution in [0.3, 0.4) is 0 Å². The predicted molar refractivity (Wildman–Crippen MR) is 129 cm³/mol. The molecule has 2 heterocycles. The lowest BCUT2D eigenvalue weighted by Crippen LogP contribution is -2.11. The largest absolute Gasteiger partial charge is 0.462 e. The summed E-state index contributed by atoms with van der Waals surface area (Å²) < 4.78 is 7.45. The third-order valence-corrected chi connectivity index (χ3v) is 5.71. The third kappa shape index (κ3) is 4.74. The van der Waals surface area contributed by atoms with Gasteiger partial charge in [-0.25, -0.2) is 14.8 Å². The molecule has 166 valence electrons. The highest BCUT2D eigenvalue weighted by Gasteiger charge is 2.25. The molecule has 0 unspecified atom stereocenters. The summed E-state index contributed by atoms with van der Waals surface area (Å²) in [4.78, 5) is 22.6. The number of para-hydroxylation sites is 2. The van der Waals surface area contributed by atoms with Crippen molar-refractivity contribution in [2.24, 2.45) is 0 Å². The molecule has 4 rings (SSSR count). The number of hydrogen-bond acceptors (Lipinski definition) is 5. The summed E-state index contributed by atoms with van der Waals surface area (Å²) >= 11 is 0. The summed E-state index contributed by atoms with van der Waals surface area (Å²) in [5, 5.41) is 0. The molecule has 0 atom stereocenters. The Bertz CT molecular complexity index is 1200. The van der Waals surface area contributed by atoms with Gasteiger partial charge in [-0.3, -0.25) is 0 Å². The normalized spacial score (nSPS) is 11.3. The smallest absolute Gasteiger partial charge is 0.344 e. The average molecular weight is 431 g/mol. The van der Waals surface area contributed by atoms with Gasteiger partial charge >= 0.3 is 5.97 Å². The minimum Gasteiger partial charge on any atom is -0.462 e. The lowest BCUT2D eigenvalue weighted by Gasteiger charge is -2.08. The van der Waals surface area contributed by atoms with Crippen LogP contribution in [0, 0.1) is 0 Å². The molecule has 2 aromatic carbocycles. The van der Waals surface area contributed by atoms with Gasteiger partial charge in [0, 0.05) is 0 Å². The first-order valence-electron chi connectivity index (χ1n) is 11.4. The van der Waals surface area contributed by atoms with Crippen molar-refractivity contribution in [3.8, 4) is 0 Å². The van der Waals surface area contributed by atoms with E-state index in [9.17, 15) is 4.79 Å². The van der Waals surface area contributed by atoms with Gasteiger partial charge in [0.15, 0.2) is 5.65 Å². The minimum atomic E-state index is -0.433. The molecule has 0 aliphatic carbocycles. The van der Waals surface area contributed by atoms with Gasteiger partial charge in [0.1, 0.15) is 16.9 Å². The fraction of sp³-hybridized carbons (Fsp3) is 0.346. The summed E-state index contributed by atoms with van der Waals surface area (Å²) in [7, 11) is 0. The van der Waals surface area contributed by atoms with E-state index in [0.717, 1.165) is 29.4 Å². The maximum Gasteiger partial charge on any atom is 0.344 e. The van der Waals surface area contributed by atoms with Gasteiger partial charge in [0.05, 0.1) is 24.2 Å². The second-order valence-electron chi connectivity index (χ2n) is 8.12. The highest BCUT2D eigenvalue weighted by Crippen LogP contribution is 2.29. The van der Waals surface area contributed by atoms with Crippen LogP contribution in [0.2, 0.25) is 0 Å². The fourth-order valence-electron chi connectivity index (χ4n) is 3.96. The Hall–Kier alpha value is -3.41. The number of nitrogens with two attached hydrogens (primary N) is 1. The molecule has 6 nitrogen and oxygen atoms in total. The number of hydrogen-bond donors (Lipinski definition) is 1. The Morgan fingerprint density at radius 3 is 2.31 bits per heavy atom. The van der Waals surface area contributed by atoms with Crippen LogP contribution in [-0.4, -0.2) is 27.1 Å². The van der Waals surface area contributed by atoms with E-state index in [4.69, 9.17) is 20.4 Å². The van der Waals surface area contributed by atoms with E-state index in [0.29, 0.717) is 35.7 Å². The Morgan fingerprint density at radius 2 is 1.56 bits per heavy atom. The molecule has 0 radical (unpaired) electrons. The molecule has 0 aliphatic rings. The summed E-state index contributed by atoms with van der Waals surface area (Å²) in [5.74, 6) is -0.0930. The summed E-state index contributed by atoms with van der Waals surface area (Å²) in [6.45, 7) is 3.09. The van der Waals surface area contributed by atoms with Crippen LogP contribution in [0.15, 0.2) is 54.6 Å². The van der Waals surface area contributed by atoms with E-state index in [1.54, 1.807) is 0 Å². The van der Waals surface area contributed by atoms with Gasteiger partial charge in [0.25, 0.3) is 0 Å². The van der Waals surface area contributed by atoms with Crippen LogP contribution in [0.1, 0.15) is 61.4 Å². The monoisotopic (exact) mass is 430 g/mol. The molecule has 6 heteroatoms. The number of rotatable bonds is 10. The van der Waals surface area contributed by atoms with Gasteiger partial charge in [-0.2, -0.15) is 0 Å². The van der Waals surface area contributed by atoms with Crippen LogP contribution in [0.4, 0.5) is 5.82 Å². The van der Waals surface area contributed by atoms with Crippen LogP contribution in [0.5, 0.6) is 0 Å². The van der Waals surface area contributed by atoms with Crippen LogP contribution in [-0.2, 0) is 11.3 Å². The Labute approximate surface area is 188 Å². The highest BCUT2D eigenvalue weighted by atomic mass is 16.5. The molecule has 2 aromatic heterocycles. The van der Waals surface area contributed by atoms with E-state index >= 15 is 0 Å². The number of nitrogens with zero attached hydrogens (tertiary/aromatic N) is 3. The first-order chi connectivity index (χ1) is 15.7. The van der Waals surface area contributed by atoms with Crippen molar-refractivity contribution in [1.82, 2.24) is 14.5 Å². The van der Waals surface area contributed by atoms with Gasteiger partial charge in [0.2, 0.25) is 0 Å². The zero-order valence-electron chi connectivity index (χ0n) is 18.6. The summed E-state index contributed by atoms with van der Waals surface area (Å²) in [5.41, 5.74) is 10.4. The van der Waals surface area contributed by atoms with Crippen molar-refractivity contribution in [3.63, 3.8) is 0 Å². The molecule has 0 spiro atoms. The SMILES string of the molecule is CCCCCCCCOC(=O)c1c(N)n(Cc2ccccc2)c2nc3ccccc3nc12. The number of esters is 1. The fourth-order valence-corrected chi connectivity index (χ4v) is 3.96. The Balaban J connectivity index is 1.63. The third-order valence-electron chi connectivity index (χ3n) is 5.71. The van der Waals surface area contributed by atoms with Crippen LogP contribution in [0.25, 0.3) is 22.2 Å². The Kier molecular flexibility index (Phi) is 7.00. The van der Waals surface area contributed by atoms with Crippen molar-refractivity contribution in [2.45, 2.75) is 52.0 Å². The molecule has 0 amide bonds. The van der Waals surface area contributed by atoms with E-state index < -0.39 is 5.97 Å². The maximum atomic E-state index is 13.0. The van der Waals surface area contributed by atoms with Crippen molar-refractivity contribution in [1.29, 1.82) is 0 Å². The Morgan fingerprint density at radius 1 is 0.906 bits per heavy atom. The quantitative estimate of drug-likeness (QED) is 0.256. The standard InChI is InChI=1S/C26H30N4O2/c1-2-3-4-5-6-12-17-32-26(31)22-23-25(29-21-16-11-10-15-20(21)28-23)30(24(22)27)18-19-13-8-7-9-14-19/h7-11,13-16H,2-6,12,17-18,27H2,1H3. The lowest BCUT2D eigenvalue weighted by molar-refractivity contribution is 0.0501. The summed E-state index contributed by atoms with van der Waals surface area (Å²) in [6.07, 6.45) is 6.78. The van der Waals surface area contributed by atoms with Crippen LogP contribution < -0.4 is 5.73 Å². The molecule has 0 aliphatic heterocycles. The topological polar surface area (TPSA) is 83.0 Å². The number of aromatic nitrogens is 3. The molecule has 32 heavy (non-hydrogen) atoms. The van der Waals surface area contributed by atoms with Crippen molar-refractivity contribution < 1.29 is 9.53 Å². The number of benzene rings is 2. The van der Waals surface area contributed by atoms with Crippen molar-refractivity contribution >= 4 is 34.0 Å². The summed E-state index contributed by atoms with van der Waals surface area (Å²) in [6, 6.07) is 17.6. The number of anilines is 1. The van der Waals surface area contributed by atoms with Gasteiger partial charge in [-0.15, -0.1) is 0 Å². The van der Waals surface area contributed by atoms with Crippen LogP contribution >= 0.6 is 0 Å².